The molecule has 5 nitrogen and oxygen atoms in total. The zero-order valence-electron chi connectivity index (χ0n) is 13.7. The number of hydrogen-bond acceptors (Lipinski definition) is 3. The van der Waals surface area contributed by atoms with E-state index in [9.17, 15) is 14.9 Å². The van der Waals surface area contributed by atoms with Crippen LogP contribution in [0.25, 0.3) is 0 Å². The first-order valence-corrected chi connectivity index (χ1v) is 8.70. The van der Waals surface area contributed by atoms with E-state index in [0.717, 1.165) is 5.56 Å². The van der Waals surface area contributed by atoms with Gasteiger partial charge in [-0.3, -0.25) is 14.9 Å². The molecule has 0 saturated carbocycles. The van der Waals surface area contributed by atoms with Crippen LogP contribution < -0.4 is 4.90 Å². The molecular weight excluding hydrogens is 396 g/mol. The van der Waals surface area contributed by atoms with Crippen LogP contribution in [0.4, 0.5) is 11.4 Å². The average Bonchev–Trinajstić information content (AvgIpc) is 2.67. The highest BCUT2D eigenvalue weighted by molar-refractivity contribution is 9.10. The number of halogens is 1. The first kappa shape index (κ1) is 17.8. The quantitative estimate of drug-likeness (QED) is 0.428. The number of anilines is 1. The van der Waals surface area contributed by atoms with Gasteiger partial charge in [-0.05, 0) is 39.7 Å². The lowest BCUT2D eigenvalue weighted by Gasteiger charge is -2.23. The topological polar surface area (TPSA) is 63.5 Å². The van der Waals surface area contributed by atoms with Crippen LogP contribution in [-0.2, 0) is 6.54 Å². The van der Waals surface area contributed by atoms with Gasteiger partial charge in [-0.2, -0.15) is 0 Å². The van der Waals surface area contributed by atoms with Crippen LogP contribution in [-0.4, -0.2) is 10.8 Å². The highest BCUT2D eigenvalue weighted by Crippen LogP contribution is 2.26. The van der Waals surface area contributed by atoms with Crippen molar-refractivity contribution in [3.8, 4) is 0 Å². The first-order valence-electron chi connectivity index (χ1n) is 7.91. The van der Waals surface area contributed by atoms with E-state index >= 15 is 0 Å². The summed E-state index contributed by atoms with van der Waals surface area (Å²) in [6, 6.07) is 22.7. The summed E-state index contributed by atoms with van der Waals surface area (Å²) in [5.41, 5.74) is 1.85. The molecule has 0 fully saturated rings. The Bertz CT molecular complexity index is 945. The van der Waals surface area contributed by atoms with Crippen LogP contribution in [0.2, 0.25) is 0 Å². The zero-order valence-corrected chi connectivity index (χ0v) is 15.3. The fraction of sp³-hybridized carbons (Fsp3) is 0.0500. The van der Waals surface area contributed by atoms with Gasteiger partial charge in [-0.25, -0.2) is 0 Å². The predicted octanol–water partition coefficient (Wildman–Crippen LogP) is 5.20. The standard InChI is InChI=1S/C20H15BrN2O3/c21-19-12-5-4-11-18(19)20(24)22(14-15-7-2-1-3-8-15)16-9-6-10-17(13-16)23(25)26/h1-13H,14H2. The van der Waals surface area contributed by atoms with Gasteiger partial charge in [0.05, 0.1) is 22.7 Å². The van der Waals surface area contributed by atoms with Gasteiger partial charge >= 0.3 is 0 Å². The van der Waals surface area contributed by atoms with Crippen molar-refractivity contribution >= 4 is 33.2 Å². The van der Waals surface area contributed by atoms with Gasteiger partial charge in [0.15, 0.2) is 0 Å². The highest BCUT2D eigenvalue weighted by atomic mass is 79.9. The molecule has 3 rings (SSSR count). The van der Waals surface area contributed by atoms with Crippen molar-refractivity contribution in [1.29, 1.82) is 0 Å². The van der Waals surface area contributed by atoms with Crippen LogP contribution >= 0.6 is 15.9 Å². The van der Waals surface area contributed by atoms with Crippen molar-refractivity contribution in [1.82, 2.24) is 0 Å². The summed E-state index contributed by atoms with van der Waals surface area (Å²) >= 11 is 3.41. The molecule has 0 atom stereocenters. The second-order valence-corrected chi connectivity index (χ2v) is 6.49. The number of non-ortho nitro benzene ring substituents is 1. The summed E-state index contributed by atoms with van der Waals surface area (Å²) in [6.45, 7) is 0.308. The van der Waals surface area contributed by atoms with Crippen molar-refractivity contribution in [2.75, 3.05) is 4.90 Å². The van der Waals surface area contributed by atoms with Crippen molar-refractivity contribution < 1.29 is 9.72 Å². The van der Waals surface area contributed by atoms with Crippen molar-refractivity contribution in [2.45, 2.75) is 6.54 Å². The maximum atomic E-state index is 13.2. The number of rotatable bonds is 5. The fourth-order valence-electron chi connectivity index (χ4n) is 2.60. The van der Waals surface area contributed by atoms with Crippen LogP contribution in [0.1, 0.15) is 15.9 Å². The van der Waals surface area contributed by atoms with E-state index in [4.69, 9.17) is 0 Å². The number of nitro benzene ring substituents is 1. The molecule has 0 aliphatic heterocycles. The Morgan fingerprint density at radius 2 is 1.65 bits per heavy atom. The van der Waals surface area contributed by atoms with Gasteiger partial charge in [0.1, 0.15) is 0 Å². The molecular formula is C20H15BrN2O3. The molecule has 0 heterocycles. The van der Waals surface area contributed by atoms with Gasteiger partial charge in [0.2, 0.25) is 0 Å². The predicted molar refractivity (Wildman–Crippen MR) is 104 cm³/mol. The molecule has 130 valence electrons. The second-order valence-electron chi connectivity index (χ2n) is 5.63. The number of carbonyl (C=O) groups is 1. The summed E-state index contributed by atoms with van der Waals surface area (Å²) in [5, 5.41) is 11.1. The van der Waals surface area contributed by atoms with E-state index in [-0.39, 0.29) is 11.6 Å². The van der Waals surface area contributed by atoms with Gasteiger partial charge in [0, 0.05) is 16.6 Å². The molecule has 0 N–H and O–H groups in total. The monoisotopic (exact) mass is 410 g/mol. The van der Waals surface area contributed by atoms with Crippen LogP contribution in [0.15, 0.2) is 83.3 Å². The Morgan fingerprint density at radius 1 is 0.962 bits per heavy atom. The Labute approximate surface area is 159 Å². The third-order valence-electron chi connectivity index (χ3n) is 3.89. The van der Waals surface area contributed by atoms with Gasteiger partial charge < -0.3 is 4.90 Å². The van der Waals surface area contributed by atoms with Gasteiger partial charge in [0.25, 0.3) is 11.6 Å². The second kappa shape index (κ2) is 7.93. The van der Waals surface area contributed by atoms with Crippen LogP contribution in [0, 0.1) is 10.1 Å². The summed E-state index contributed by atoms with van der Waals surface area (Å²) in [6.07, 6.45) is 0. The molecule has 0 spiro atoms. The Hall–Kier alpha value is -2.99. The summed E-state index contributed by atoms with van der Waals surface area (Å²) in [7, 11) is 0. The number of benzene rings is 3. The molecule has 6 heteroatoms. The van der Waals surface area contributed by atoms with Gasteiger partial charge in [-0.15, -0.1) is 0 Å². The Balaban J connectivity index is 2.04. The lowest BCUT2D eigenvalue weighted by Crippen LogP contribution is -2.30. The fourth-order valence-corrected chi connectivity index (χ4v) is 3.06. The SMILES string of the molecule is O=C(c1ccccc1Br)N(Cc1ccccc1)c1cccc([N+](=O)[O-])c1. The molecule has 26 heavy (non-hydrogen) atoms. The first-order chi connectivity index (χ1) is 12.6. The minimum atomic E-state index is -0.465. The highest BCUT2D eigenvalue weighted by Gasteiger charge is 2.21. The van der Waals surface area contributed by atoms with Crippen molar-refractivity contribution in [3.05, 3.63) is 105 Å². The molecule has 0 aliphatic carbocycles. The third-order valence-corrected chi connectivity index (χ3v) is 4.58. The third kappa shape index (κ3) is 3.97. The molecule has 0 aromatic heterocycles. The number of hydrogen-bond donors (Lipinski definition) is 0. The minimum absolute atomic E-state index is 0.0551. The average molecular weight is 411 g/mol. The van der Waals surface area contributed by atoms with Crippen molar-refractivity contribution in [3.63, 3.8) is 0 Å². The Kier molecular flexibility index (Phi) is 5.43. The van der Waals surface area contributed by atoms with E-state index in [1.54, 1.807) is 35.2 Å². The van der Waals surface area contributed by atoms with E-state index in [1.165, 1.54) is 12.1 Å². The molecule has 1 amide bonds. The summed E-state index contributed by atoms with van der Waals surface area (Å²) in [4.78, 5) is 25.4. The molecule has 0 bridgehead atoms. The van der Waals surface area contributed by atoms with E-state index in [1.807, 2.05) is 36.4 Å². The van der Waals surface area contributed by atoms with Crippen LogP contribution in [0.3, 0.4) is 0 Å². The van der Waals surface area contributed by atoms with Crippen molar-refractivity contribution in [2.24, 2.45) is 0 Å². The number of amides is 1. The van der Waals surface area contributed by atoms with Gasteiger partial charge in [-0.1, -0.05) is 48.5 Å². The molecule has 0 aliphatic rings. The van der Waals surface area contributed by atoms with E-state index in [2.05, 4.69) is 15.9 Å². The molecule has 3 aromatic carbocycles. The normalized spacial score (nSPS) is 10.3. The number of carbonyl (C=O) groups excluding carboxylic acids is 1. The van der Waals surface area contributed by atoms with E-state index < -0.39 is 4.92 Å². The van der Waals surface area contributed by atoms with Crippen LogP contribution in [0.5, 0.6) is 0 Å². The molecule has 0 saturated heterocycles. The number of nitro groups is 1. The van der Waals surface area contributed by atoms with E-state index in [0.29, 0.717) is 22.3 Å². The Morgan fingerprint density at radius 3 is 2.35 bits per heavy atom. The lowest BCUT2D eigenvalue weighted by atomic mass is 10.1. The lowest BCUT2D eigenvalue weighted by molar-refractivity contribution is -0.384. The largest absolute Gasteiger partial charge is 0.304 e. The smallest absolute Gasteiger partial charge is 0.271 e. The maximum absolute atomic E-state index is 13.2. The molecule has 3 aromatic rings. The summed E-state index contributed by atoms with van der Waals surface area (Å²) in [5.74, 6) is -0.234. The maximum Gasteiger partial charge on any atom is 0.271 e. The minimum Gasteiger partial charge on any atom is -0.304 e. The zero-order chi connectivity index (χ0) is 18.5. The number of nitrogens with zero attached hydrogens (tertiary/aromatic N) is 2. The summed E-state index contributed by atoms with van der Waals surface area (Å²) < 4.78 is 0.675. The molecule has 0 unspecified atom stereocenters. The molecule has 0 radical (unpaired) electrons.